The minimum absolute atomic E-state index is 0.176. The van der Waals surface area contributed by atoms with Crippen molar-refractivity contribution in [3.63, 3.8) is 0 Å². The Labute approximate surface area is 158 Å². The number of amides is 1. The first-order valence-corrected chi connectivity index (χ1v) is 9.07. The summed E-state index contributed by atoms with van der Waals surface area (Å²) in [6, 6.07) is 9.22. The molecule has 3 rings (SSSR count). The summed E-state index contributed by atoms with van der Waals surface area (Å²) in [5, 5.41) is 6.87. The molecule has 26 heavy (non-hydrogen) atoms. The van der Waals surface area contributed by atoms with Crippen LogP contribution in [0.1, 0.15) is 16.1 Å². The van der Waals surface area contributed by atoms with Gasteiger partial charge in [-0.2, -0.15) is 0 Å². The van der Waals surface area contributed by atoms with Crippen LogP contribution >= 0.6 is 11.6 Å². The molecule has 1 aromatic heterocycles. The number of nitrogens with one attached hydrogen (secondary N) is 2. The number of aryl methyl sites for hydroxylation is 1. The highest BCUT2D eigenvalue weighted by atomic mass is 35.5. The van der Waals surface area contributed by atoms with Crippen molar-refractivity contribution in [3.05, 3.63) is 52.8 Å². The summed E-state index contributed by atoms with van der Waals surface area (Å²) < 4.78 is 5.32. The van der Waals surface area contributed by atoms with E-state index in [1.54, 1.807) is 12.3 Å². The van der Waals surface area contributed by atoms with Gasteiger partial charge in [0.05, 0.1) is 13.2 Å². The fraction of sp³-hybridized carbons (Fsp3) is 0.368. The molecule has 0 atom stereocenters. The molecule has 1 fully saturated rings. The Morgan fingerprint density at radius 3 is 2.88 bits per heavy atom. The Hall–Kier alpha value is -2.15. The third-order valence-corrected chi connectivity index (χ3v) is 4.52. The van der Waals surface area contributed by atoms with E-state index in [4.69, 9.17) is 16.3 Å². The maximum atomic E-state index is 12.3. The number of carbonyl (C=O) groups is 1. The van der Waals surface area contributed by atoms with Crippen LogP contribution in [0.2, 0.25) is 5.02 Å². The molecule has 1 aliphatic heterocycles. The Kier molecular flexibility index (Phi) is 6.44. The molecule has 138 valence electrons. The molecule has 0 aliphatic carbocycles. The van der Waals surface area contributed by atoms with Gasteiger partial charge in [0.2, 0.25) is 0 Å². The Balaban J connectivity index is 1.57. The lowest BCUT2D eigenvalue weighted by Crippen LogP contribution is -2.41. The molecule has 0 saturated carbocycles. The Bertz CT molecular complexity index is 763. The molecule has 0 spiro atoms. The summed E-state index contributed by atoms with van der Waals surface area (Å²) in [7, 11) is 0. The van der Waals surface area contributed by atoms with Gasteiger partial charge in [0.1, 0.15) is 5.69 Å². The first-order valence-electron chi connectivity index (χ1n) is 8.69. The summed E-state index contributed by atoms with van der Waals surface area (Å²) in [6.07, 6.45) is 1.62. The van der Waals surface area contributed by atoms with Gasteiger partial charge in [-0.1, -0.05) is 17.7 Å². The number of pyridine rings is 1. The van der Waals surface area contributed by atoms with E-state index in [0.717, 1.165) is 49.8 Å². The Morgan fingerprint density at radius 1 is 1.27 bits per heavy atom. The van der Waals surface area contributed by atoms with Crippen molar-refractivity contribution in [3.8, 4) is 0 Å². The number of morpholine rings is 1. The van der Waals surface area contributed by atoms with Crippen LogP contribution in [0.25, 0.3) is 0 Å². The number of nitrogens with zero attached hydrogens (tertiary/aromatic N) is 2. The minimum atomic E-state index is -0.176. The average Bonchev–Trinajstić information content (AvgIpc) is 2.66. The summed E-state index contributed by atoms with van der Waals surface area (Å²) in [5.41, 5.74) is 3.16. The highest BCUT2D eigenvalue weighted by Gasteiger charge is 2.12. The van der Waals surface area contributed by atoms with Gasteiger partial charge in [0.15, 0.2) is 0 Å². The van der Waals surface area contributed by atoms with E-state index in [-0.39, 0.29) is 5.91 Å². The molecule has 0 radical (unpaired) electrons. The predicted molar refractivity (Wildman–Crippen MR) is 103 cm³/mol. The van der Waals surface area contributed by atoms with Crippen LogP contribution in [0.15, 0.2) is 36.5 Å². The van der Waals surface area contributed by atoms with Crippen molar-refractivity contribution in [2.24, 2.45) is 0 Å². The number of hydrogen-bond acceptors (Lipinski definition) is 5. The molecule has 0 unspecified atom stereocenters. The van der Waals surface area contributed by atoms with Gasteiger partial charge >= 0.3 is 0 Å². The zero-order chi connectivity index (χ0) is 18.4. The third-order valence-electron chi connectivity index (χ3n) is 4.29. The highest BCUT2D eigenvalue weighted by Crippen LogP contribution is 2.24. The molecule has 7 heteroatoms. The molecular formula is C19H23ClN4O2. The number of hydrogen-bond donors (Lipinski definition) is 2. The van der Waals surface area contributed by atoms with Crippen LogP contribution in [0, 0.1) is 6.92 Å². The normalized spacial score (nSPS) is 14.8. The summed E-state index contributed by atoms with van der Waals surface area (Å²) in [4.78, 5) is 18.8. The smallest absolute Gasteiger partial charge is 0.269 e. The fourth-order valence-electron chi connectivity index (χ4n) is 2.76. The van der Waals surface area contributed by atoms with E-state index in [1.807, 2.05) is 31.2 Å². The molecule has 2 aromatic rings. The number of anilines is 2. The standard InChI is InChI=1S/C19H23ClN4O2/c1-14-2-3-15(20)12-17(14)23-16-4-5-21-18(13-16)19(25)22-6-7-24-8-10-26-11-9-24/h2-5,12-13H,6-11H2,1H3,(H,21,23)(H,22,25). The van der Waals surface area contributed by atoms with Crippen LogP contribution in [-0.2, 0) is 4.74 Å². The van der Waals surface area contributed by atoms with Crippen molar-refractivity contribution in [1.29, 1.82) is 0 Å². The number of aromatic nitrogens is 1. The second-order valence-corrected chi connectivity index (χ2v) is 6.66. The molecule has 6 nitrogen and oxygen atoms in total. The summed E-state index contributed by atoms with van der Waals surface area (Å²) >= 11 is 6.06. The Morgan fingerprint density at radius 2 is 2.08 bits per heavy atom. The first kappa shape index (κ1) is 18.6. The van der Waals surface area contributed by atoms with Crippen molar-refractivity contribution in [2.75, 3.05) is 44.7 Å². The van der Waals surface area contributed by atoms with Crippen LogP contribution in [-0.4, -0.2) is 55.2 Å². The molecule has 1 aliphatic rings. The first-order chi connectivity index (χ1) is 12.6. The predicted octanol–water partition coefficient (Wildman–Crippen LogP) is 2.85. The van der Waals surface area contributed by atoms with Crippen molar-refractivity contribution in [1.82, 2.24) is 15.2 Å². The maximum Gasteiger partial charge on any atom is 0.269 e. The zero-order valence-electron chi connectivity index (χ0n) is 14.8. The largest absolute Gasteiger partial charge is 0.379 e. The van der Waals surface area contributed by atoms with E-state index in [9.17, 15) is 4.79 Å². The van der Waals surface area contributed by atoms with E-state index in [2.05, 4.69) is 20.5 Å². The van der Waals surface area contributed by atoms with Crippen LogP contribution in [0.3, 0.4) is 0 Å². The molecular weight excluding hydrogens is 352 g/mol. The number of benzene rings is 1. The number of carbonyl (C=O) groups excluding carboxylic acids is 1. The average molecular weight is 375 g/mol. The second kappa shape index (κ2) is 8.98. The van der Waals surface area contributed by atoms with Gasteiger partial charge in [0.25, 0.3) is 5.91 Å². The van der Waals surface area contributed by atoms with Crippen LogP contribution < -0.4 is 10.6 Å². The quantitative estimate of drug-likeness (QED) is 0.813. The summed E-state index contributed by atoms with van der Waals surface area (Å²) in [5.74, 6) is -0.176. The zero-order valence-corrected chi connectivity index (χ0v) is 15.6. The van der Waals surface area contributed by atoms with Gasteiger partial charge in [-0.15, -0.1) is 0 Å². The molecule has 2 heterocycles. The molecule has 1 amide bonds. The topological polar surface area (TPSA) is 66.5 Å². The lowest BCUT2D eigenvalue weighted by molar-refractivity contribution is 0.0383. The van der Waals surface area contributed by atoms with E-state index >= 15 is 0 Å². The van der Waals surface area contributed by atoms with Crippen molar-refractivity contribution >= 4 is 28.9 Å². The van der Waals surface area contributed by atoms with Gasteiger partial charge in [0, 0.05) is 48.8 Å². The van der Waals surface area contributed by atoms with Crippen LogP contribution in [0.4, 0.5) is 11.4 Å². The lowest BCUT2D eigenvalue weighted by Gasteiger charge is -2.26. The van der Waals surface area contributed by atoms with Crippen LogP contribution in [0.5, 0.6) is 0 Å². The van der Waals surface area contributed by atoms with Crippen molar-refractivity contribution < 1.29 is 9.53 Å². The van der Waals surface area contributed by atoms with Gasteiger partial charge in [-0.05, 0) is 36.8 Å². The van der Waals surface area contributed by atoms with Gasteiger partial charge in [-0.3, -0.25) is 14.7 Å². The number of ether oxygens (including phenoxy) is 1. The SMILES string of the molecule is Cc1ccc(Cl)cc1Nc1ccnc(C(=O)NCCN2CCOCC2)c1. The summed E-state index contributed by atoms with van der Waals surface area (Å²) in [6.45, 7) is 6.73. The molecule has 1 saturated heterocycles. The fourth-order valence-corrected chi connectivity index (χ4v) is 2.93. The van der Waals surface area contributed by atoms with Crippen molar-refractivity contribution in [2.45, 2.75) is 6.92 Å². The number of halogens is 1. The highest BCUT2D eigenvalue weighted by molar-refractivity contribution is 6.30. The monoisotopic (exact) mass is 374 g/mol. The number of rotatable bonds is 6. The third kappa shape index (κ3) is 5.17. The van der Waals surface area contributed by atoms with Gasteiger partial charge in [-0.25, -0.2) is 0 Å². The van der Waals surface area contributed by atoms with E-state index in [0.29, 0.717) is 17.3 Å². The molecule has 2 N–H and O–H groups in total. The van der Waals surface area contributed by atoms with Gasteiger partial charge < -0.3 is 15.4 Å². The second-order valence-electron chi connectivity index (χ2n) is 6.22. The maximum absolute atomic E-state index is 12.3. The van der Waals surface area contributed by atoms with E-state index < -0.39 is 0 Å². The molecule has 1 aromatic carbocycles. The van der Waals surface area contributed by atoms with E-state index in [1.165, 1.54) is 0 Å². The lowest BCUT2D eigenvalue weighted by atomic mass is 10.2. The minimum Gasteiger partial charge on any atom is -0.379 e. The molecule has 0 bridgehead atoms.